The van der Waals surface area contributed by atoms with Gasteiger partial charge in [-0.15, -0.1) is 0 Å². The Bertz CT molecular complexity index is 920. The molecule has 0 aliphatic rings. The number of hydrogen-bond donors (Lipinski definition) is 2. The van der Waals surface area contributed by atoms with Gasteiger partial charge >= 0.3 is 0 Å². The molecule has 0 radical (unpaired) electrons. The molecule has 0 aliphatic carbocycles. The fourth-order valence-corrected chi connectivity index (χ4v) is 2.90. The Morgan fingerprint density at radius 2 is 1.38 bits per heavy atom. The van der Waals surface area contributed by atoms with Crippen molar-refractivity contribution in [2.75, 3.05) is 14.2 Å². The Kier molecular flexibility index (Phi) is 4.19. The number of imidazole rings is 1. The first-order chi connectivity index (χ1) is 12.8. The third-order valence-electron chi connectivity index (χ3n) is 4.30. The Hall–Kier alpha value is -3.47. The third kappa shape index (κ3) is 2.95. The predicted molar refractivity (Wildman–Crippen MR) is 102 cm³/mol. The molecule has 0 atom stereocenters. The van der Waals surface area contributed by atoms with E-state index >= 15 is 0 Å². The molecule has 2 N–H and O–H groups in total. The normalized spacial score (nSPS) is 10.7. The molecule has 130 valence electrons. The minimum atomic E-state index is 0.798. The molecule has 0 unspecified atom stereocenters. The van der Waals surface area contributed by atoms with Gasteiger partial charge in [-0.25, -0.2) is 4.98 Å². The van der Waals surface area contributed by atoms with Crippen LogP contribution in [-0.2, 0) is 0 Å². The second-order valence-corrected chi connectivity index (χ2v) is 5.85. The molecular weight excluding hydrogens is 326 g/mol. The van der Waals surface area contributed by atoms with Crippen LogP contribution >= 0.6 is 0 Å². The molecule has 0 saturated heterocycles. The molecule has 0 spiro atoms. The van der Waals surface area contributed by atoms with Crippen molar-refractivity contribution in [1.29, 1.82) is 0 Å². The highest BCUT2D eigenvalue weighted by atomic mass is 16.5. The number of benzene rings is 2. The molecule has 4 rings (SSSR count). The highest BCUT2D eigenvalue weighted by Crippen LogP contribution is 2.34. The molecule has 5 heteroatoms. The molecule has 0 amide bonds. The van der Waals surface area contributed by atoms with Gasteiger partial charge in [0.15, 0.2) is 5.82 Å². The van der Waals surface area contributed by atoms with Gasteiger partial charge in [0.1, 0.15) is 11.5 Å². The lowest BCUT2D eigenvalue weighted by Crippen LogP contribution is -1.87. The van der Waals surface area contributed by atoms with Crippen LogP contribution in [0, 0.1) is 0 Å². The summed E-state index contributed by atoms with van der Waals surface area (Å²) in [5.74, 6) is 2.44. The Labute approximate surface area is 151 Å². The van der Waals surface area contributed by atoms with E-state index in [1.807, 2.05) is 66.9 Å². The van der Waals surface area contributed by atoms with Gasteiger partial charge < -0.3 is 19.4 Å². The van der Waals surface area contributed by atoms with E-state index in [4.69, 9.17) is 14.5 Å². The fourth-order valence-electron chi connectivity index (χ4n) is 2.90. The summed E-state index contributed by atoms with van der Waals surface area (Å²) in [5, 5.41) is 0. The van der Waals surface area contributed by atoms with E-state index in [0.29, 0.717) is 0 Å². The number of nitrogens with one attached hydrogen (secondary N) is 2. The first-order valence-corrected chi connectivity index (χ1v) is 8.31. The van der Waals surface area contributed by atoms with Crippen molar-refractivity contribution in [3.05, 3.63) is 66.9 Å². The van der Waals surface area contributed by atoms with Crippen LogP contribution in [0.25, 0.3) is 34.0 Å². The lowest BCUT2D eigenvalue weighted by Gasteiger charge is -2.06. The zero-order valence-electron chi connectivity index (χ0n) is 14.6. The number of aromatic amines is 2. The quantitative estimate of drug-likeness (QED) is 0.548. The van der Waals surface area contributed by atoms with Gasteiger partial charge in [-0.3, -0.25) is 0 Å². The van der Waals surface area contributed by atoms with E-state index in [1.54, 1.807) is 14.2 Å². The van der Waals surface area contributed by atoms with Crippen LogP contribution in [0.3, 0.4) is 0 Å². The molecule has 5 nitrogen and oxygen atoms in total. The van der Waals surface area contributed by atoms with Crippen LogP contribution in [0.1, 0.15) is 0 Å². The zero-order chi connectivity index (χ0) is 17.9. The summed E-state index contributed by atoms with van der Waals surface area (Å²) >= 11 is 0. The number of aromatic nitrogens is 3. The van der Waals surface area contributed by atoms with E-state index in [0.717, 1.165) is 45.5 Å². The van der Waals surface area contributed by atoms with E-state index < -0.39 is 0 Å². The van der Waals surface area contributed by atoms with Crippen LogP contribution < -0.4 is 9.47 Å². The van der Waals surface area contributed by atoms with E-state index in [2.05, 4.69) is 9.97 Å². The molecule has 0 aliphatic heterocycles. The van der Waals surface area contributed by atoms with Crippen molar-refractivity contribution in [2.45, 2.75) is 0 Å². The van der Waals surface area contributed by atoms with E-state index in [-0.39, 0.29) is 0 Å². The number of hydrogen-bond acceptors (Lipinski definition) is 3. The first-order valence-electron chi connectivity index (χ1n) is 8.31. The molecule has 2 aromatic carbocycles. The van der Waals surface area contributed by atoms with Crippen LogP contribution in [0.15, 0.2) is 66.9 Å². The summed E-state index contributed by atoms with van der Waals surface area (Å²) in [6.07, 6.45) is 1.89. The summed E-state index contributed by atoms with van der Waals surface area (Å²) in [5.41, 5.74) is 4.86. The van der Waals surface area contributed by atoms with Crippen molar-refractivity contribution in [3.63, 3.8) is 0 Å². The van der Waals surface area contributed by atoms with Crippen LogP contribution in [-0.4, -0.2) is 29.2 Å². The average Bonchev–Trinajstić information content (AvgIpc) is 3.38. The van der Waals surface area contributed by atoms with E-state index in [9.17, 15) is 0 Å². The molecule has 0 saturated carbocycles. The molecule has 0 fully saturated rings. The minimum absolute atomic E-state index is 0.798. The van der Waals surface area contributed by atoms with Gasteiger partial charge in [0.25, 0.3) is 0 Å². The first kappa shape index (κ1) is 16.0. The number of rotatable bonds is 5. The van der Waals surface area contributed by atoms with Gasteiger partial charge in [-0.1, -0.05) is 0 Å². The number of ether oxygens (including phenoxy) is 2. The molecule has 0 bridgehead atoms. The van der Waals surface area contributed by atoms with Gasteiger partial charge in [-0.05, 0) is 60.7 Å². The molecule has 4 aromatic rings. The standard InChI is InChI=1S/C21H19N3O2/c1-25-16-9-5-14(6-10-16)19-20(15-7-11-17(26-2)12-8-15)24-21(23-19)18-4-3-13-22-18/h3-13,22H,1-2H3,(H,23,24). The largest absolute Gasteiger partial charge is 0.497 e. The van der Waals surface area contributed by atoms with Crippen molar-refractivity contribution >= 4 is 0 Å². The van der Waals surface area contributed by atoms with Crippen LogP contribution in [0.4, 0.5) is 0 Å². The fraction of sp³-hybridized carbons (Fsp3) is 0.0952. The summed E-state index contributed by atoms with van der Waals surface area (Å²) in [4.78, 5) is 11.5. The topological polar surface area (TPSA) is 62.9 Å². The summed E-state index contributed by atoms with van der Waals surface area (Å²) < 4.78 is 10.5. The maximum Gasteiger partial charge on any atom is 0.155 e. The predicted octanol–water partition coefficient (Wildman–Crippen LogP) is 4.76. The molecule has 2 aromatic heterocycles. The second-order valence-electron chi connectivity index (χ2n) is 5.85. The molecule has 2 heterocycles. The monoisotopic (exact) mass is 345 g/mol. The van der Waals surface area contributed by atoms with Crippen molar-refractivity contribution < 1.29 is 9.47 Å². The lowest BCUT2D eigenvalue weighted by molar-refractivity contribution is 0.414. The summed E-state index contributed by atoms with van der Waals surface area (Å²) in [6, 6.07) is 19.8. The van der Waals surface area contributed by atoms with Gasteiger partial charge in [0.2, 0.25) is 0 Å². The highest BCUT2D eigenvalue weighted by Gasteiger charge is 2.16. The highest BCUT2D eigenvalue weighted by molar-refractivity contribution is 5.81. The maximum absolute atomic E-state index is 5.26. The smallest absolute Gasteiger partial charge is 0.155 e. The third-order valence-corrected chi connectivity index (χ3v) is 4.30. The van der Waals surface area contributed by atoms with Crippen molar-refractivity contribution in [2.24, 2.45) is 0 Å². The van der Waals surface area contributed by atoms with Crippen molar-refractivity contribution in [3.8, 4) is 45.5 Å². The zero-order valence-corrected chi connectivity index (χ0v) is 14.6. The Morgan fingerprint density at radius 3 is 1.92 bits per heavy atom. The molecular formula is C21H19N3O2. The maximum atomic E-state index is 5.26. The van der Waals surface area contributed by atoms with Crippen LogP contribution in [0.2, 0.25) is 0 Å². The summed E-state index contributed by atoms with van der Waals surface area (Å²) in [7, 11) is 3.33. The van der Waals surface area contributed by atoms with Crippen molar-refractivity contribution in [1.82, 2.24) is 15.0 Å². The number of H-pyrrole nitrogens is 2. The van der Waals surface area contributed by atoms with Gasteiger partial charge in [0, 0.05) is 17.3 Å². The van der Waals surface area contributed by atoms with E-state index in [1.165, 1.54) is 0 Å². The summed E-state index contributed by atoms with van der Waals surface area (Å²) in [6.45, 7) is 0. The molecule has 26 heavy (non-hydrogen) atoms. The minimum Gasteiger partial charge on any atom is -0.497 e. The Balaban J connectivity index is 1.84. The average molecular weight is 345 g/mol. The number of methoxy groups -OCH3 is 2. The van der Waals surface area contributed by atoms with Gasteiger partial charge in [-0.2, -0.15) is 0 Å². The SMILES string of the molecule is COc1ccc(-c2nc(-c3ccc[nH]3)[nH]c2-c2ccc(OC)cc2)cc1. The Morgan fingerprint density at radius 1 is 0.769 bits per heavy atom. The number of nitrogens with zero attached hydrogens (tertiary/aromatic N) is 1. The van der Waals surface area contributed by atoms with Gasteiger partial charge in [0.05, 0.1) is 31.3 Å². The van der Waals surface area contributed by atoms with Crippen LogP contribution in [0.5, 0.6) is 11.5 Å². The lowest BCUT2D eigenvalue weighted by atomic mass is 10.0. The second kappa shape index (κ2) is 6.80.